The molecule has 0 aliphatic carbocycles. The van der Waals surface area contributed by atoms with Crippen molar-refractivity contribution in [2.24, 2.45) is 14.1 Å². The summed E-state index contributed by atoms with van der Waals surface area (Å²) >= 11 is 0. The van der Waals surface area contributed by atoms with Gasteiger partial charge in [0.05, 0.1) is 13.0 Å². The highest BCUT2D eigenvalue weighted by Crippen LogP contribution is 2.19. The average Bonchev–Trinajstić information content (AvgIpc) is 2.40. The second kappa shape index (κ2) is 6.34. The average molecular weight is 322 g/mol. The van der Waals surface area contributed by atoms with Gasteiger partial charge in [0.1, 0.15) is 11.4 Å². The summed E-state index contributed by atoms with van der Waals surface area (Å²) in [5, 5.41) is 0. The summed E-state index contributed by atoms with van der Waals surface area (Å²) in [7, 11) is 3.81. The fourth-order valence-electron chi connectivity index (χ4n) is 1.84. The van der Waals surface area contributed by atoms with E-state index in [-0.39, 0.29) is 12.4 Å². The molecule has 1 aromatic heterocycles. The first-order chi connectivity index (χ1) is 9.95. The minimum atomic E-state index is -4.33. The number of Topliss-reactive ketones (excluding diaryl/α,β-unsaturated/α-hetero) is 1. The van der Waals surface area contributed by atoms with Crippen LogP contribution in [0.5, 0.6) is 0 Å². The molecular weight excluding hydrogens is 305 g/mol. The molecule has 1 rings (SSSR count). The third kappa shape index (κ3) is 3.97. The van der Waals surface area contributed by atoms with E-state index in [0.29, 0.717) is 0 Å². The number of nitrogen functional groups attached to an aromatic ring is 1. The van der Waals surface area contributed by atoms with E-state index in [1.807, 2.05) is 0 Å². The highest BCUT2D eigenvalue weighted by Gasteiger charge is 2.28. The van der Waals surface area contributed by atoms with Crippen molar-refractivity contribution in [3.63, 3.8) is 0 Å². The second-order valence-corrected chi connectivity index (χ2v) is 4.99. The van der Waals surface area contributed by atoms with Crippen LogP contribution in [0.25, 0.3) is 0 Å². The van der Waals surface area contributed by atoms with E-state index in [0.717, 1.165) is 14.0 Å². The first-order valence-electron chi connectivity index (χ1n) is 6.29. The number of nitrogens with zero attached hydrogens (tertiary/aromatic N) is 3. The van der Waals surface area contributed by atoms with Gasteiger partial charge in [-0.15, -0.1) is 0 Å². The van der Waals surface area contributed by atoms with E-state index in [2.05, 4.69) is 0 Å². The summed E-state index contributed by atoms with van der Waals surface area (Å²) < 4.78 is 38.1. The minimum absolute atomic E-state index is 0.303. The Morgan fingerprint density at radius 2 is 1.77 bits per heavy atom. The number of halogens is 3. The number of hydrogen-bond acceptors (Lipinski definition) is 5. The normalized spacial score (nSPS) is 12.0. The molecule has 22 heavy (non-hydrogen) atoms. The molecular formula is C12H17F3N4O3. The number of rotatable bonds is 5. The lowest BCUT2D eigenvalue weighted by Crippen LogP contribution is -2.43. The SMILES string of the molecule is CN(CCC(F)(F)F)CC(=O)c1c(N)n(C)c(=O)n(C)c1=O. The van der Waals surface area contributed by atoms with Gasteiger partial charge in [-0.05, 0) is 7.05 Å². The molecule has 2 N–H and O–H groups in total. The number of aromatic nitrogens is 2. The van der Waals surface area contributed by atoms with Crippen LogP contribution >= 0.6 is 0 Å². The summed E-state index contributed by atoms with van der Waals surface area (Å²) in [5.74, 6) is -1.04. The topological polar surface area (TPSA) is 90.3 Å². The van der Waals surface area contributed by atoms with E-state index in [9.17, 15) is 27.6 Å². The van der Waals surface area contributed by atoms with Crippen LogP contribution in [0.3, 0.4) is 0 Å². The summed E-state index contributed by atoms with van der Waals surface area (Å²) in [6.07, 6.45) is -5.40. The molecule has 1 heterocycles. The molecule has 0 radical (unpaired) electrons. The maximum Gasteiger partial charge on any atom is 0.390 e. The van der Waals surface area contributed by atoms with Crippen LogP contribution in [0.1, 0.15) is 16.8 Å². The number of hydrogen-bond donors (Lipinski definition) is 1. The smallest absolute Gasteiger partial charge is 0.384 e. The zero-order valence-corrected chi connectivity index (χ0v) is 12.4. The van der Waals surface area contributed by atoms with Gasteiger partial charge in [0, 0.05) is 20.6 Å². The number of carbonyl (C=O) groups is 1. The molecule has 1 aromatic rings. The van der Waals surface area contributed by atoms with Gasteiger partial charge in [-0.25, -0.2) is 4.79 Å². The lowest BCUT2D eigenvalue weighted by Gasteiger charge is -2.17. The van der Waals surface area contributed by atoms with Crippen molar-refractivity contribution >= 4 is 11.6 Å². The molecule has 0 aliphatic rings. The zero-order valence-electron chi connectivity index (χ0n) is 12.4. The van der Waals surface area contributed by atoms with E-state index in [4.69, 9.17) is 5.73 Å². The van der Waals surface area contributed by atoms with E-state index < -0.39 is 41.7 Å². The largest absolute Gasteiger partial charge is 0.390 e. The third-order valence-corrected chi connectivity index (χ3v) is 3.18. The van der Waals surface area contributed by atoms with Gasteiger partial charge in [0.15, 0.2) is 5.78 Å². The van der Waals surface area contributed by atoms with Crippen molar-refractivity contribution in [2.75, 3.05) is 25.9 Å². The van der Waals surface area contributed by atoms with Crippen molar-refractivity contribution in [3.8, 4) is 0 Å². The monoisotopic (exact) mass is 322 g/mol. The molecule has 0 saturated carbocycles. The van der Waals surface area contributed by atoms with Crippen molar-refractivity contribution < 1.29 is 18.0 Å². The van der Waals surface area contributed by atoms with Crippen molar-refractivity contribution in [1.82, 2.24) is 14.0 Å². The fourth-order valence-corrected chi connectivity index (χ4v) is 1.84. The Labute approximate surface area is 123 Å². The molecule has 0 fully saturated rings. The molecule has 0 spiro atoms. The Kier molecular flexibility index (Phi) is 5.17. The maximum atomic E-state index is 12.1. The van der Waals surface area contributed by atoms with Gasteiger partial charge in [-0.2, -0.15) is 13.2 Å². The second-order valence-electron chi connectivity index (χ2n) is 4.99. The lowest BCUT2D eigenvalue weighted by molar-refractivity contribution is -0.137. The van der Waals surface area contributed by atoms with Crippen LogP contribution in [0.2, 0.25) is 0 Å². The lowest BCUT2D eigenvalue weighted by atomic mass is 10.2. The number of nitrogens with two attached hydrogens (primary N) is 1. The van der Waals surface area contributed by atoms with Crippen LogP contribution < -0.4 is 17.0 Å². The summed E-state index contributed by atoms with van der Waals surface area (Å²) in [6, 6.07) is 0. The molecule has 10 heteroatoms. The van der Waals surface area contributed by atoms with Crippen molar-refractivity contribution in [1.29, 1.82) is 0 Å². The molecule has 0 bridgehead atoms. The van der Waals surface area contributed by atoms with Crippen LogP contribution in [-0.4, -0.2) is 46.1 Å². The predicted molar refractivity (Wildman–Crippen MR) is 73.8 cm³/mol. The molecule has 0 aliphatic heterocycles. The molecule has 0 unspecified atom stereocenters. The predicted octanol–water partition coefficient (Wildman–Crippen LogP) is -0.267. The standard InChI is InChI=1S/C12H17F3N4O3/c1-17(5-4-12(13,14)15)6-7(20)8-9(16)18(2)11(22)19(3)10(8)21/h4-6,16H2,1-3H3. The van der Waals surface area contributed by atoms with E-state index in [1.165, 1.54) is 21.1 Å². The van der Waals surface area contributed by atoms with Gasteiger partial charge in [0.2, 0.25) is 0 Å². The first kappa shape index (κ1) is 18.0. The minimum Gasteiger partial charge on any atom is -0.384 e. The van der Waals surface area contributed by atoms with Crippen LogP contribution in [0.15, 0.2) is 9.59 Å². The van der Waals surface area contributed by atoms with Gasteiger partial charge < -0.3 is 5.73 Å². The summed E-state index contributed by atoms with van der Waals surface area (Å²) in [6.45, 7) is -0.797. The molecule has 124 valence electrons. The van der Waals surface area contributed by atoms with E-state index >= 15 is 0 Å². The third-order valence-electron chi connectivity index (χ3n) is 3.18. The van der Waals surface area contributed by atoms with Gasteiger partial charge in [-0.3, -0.25) is 23.6 Å². The van der Waals surface area contributed by atoms with Crippen LogP contribution in [-0.2, 0) is 14.1 Å². The number of likely N-dealkylation sites (N-methyl/N-ethyl adjacent to an activating group) is 1. The molecule has 0 atom stereocenters. The van der Waals surface area contributed by atoms with Gasteiger partial charge in [-0.1, -0.05) is 0 Å². The quantitative estimate of drug-likeness (QED) is 0.754. The van der Waals surface area contributed by atoms with Crippen molar-refractivity contribution in [2.45, 2.75) is 12.6 Å². The number of anilines is 1. The number of carbonyl (C=O) groups excluding carboxylic acids is 1. The van der Waals surface area contributed by atoms with E-state index in [1.54, 1.807) is 0 Å². The summed E-state index contributed by atoms with van der Waals surface area (Å²) in [4.78, 5) is 36.8. The first-order valence-corrected chi connectivity index (χ1v) is 6.29. The van der Waals surface area contributed by atoms with Crippen molar-refractivity contribution in [3.05, 3.63) is 26.4 Å². The highest BCUT2D eigenvalue weighted by molar-refractivity contribution is 6.01. The highest BCUT2D eigenvalue weighted by atomic mass is 19.4. The van der Waals surface area contributed by atoms with Gasteiger partial charge in [0.25, 0.3) is 5.56 Å². The molecule has 0 aromatic carbocycles. The molecule has 0 saturated heterocycles. The van der Waals surface area contributed by atoms with Crippen LogP contribution in [0, 0.1) is 0 Å². The summed E-state index contributed by atoms with van der Waals surface area (Å²) in [5.41, 5.74) is 3.65. The maximum absolute atomic E-state index is 12.1. The molecule has 7 nitrogen and oxygen atoms in total. The Bertz CT molecular complexity index is 691. The zero-order chi connectivity index (χ0) is 17.2. The Morgan fingerprint density at radius 1 is 1.23 bits per heavy atom. The Balaban J connectivity index is 3.01. The number of ketones is 1. The Hall–Kier alpha value is -2.10. The fraction of sp³-hybridized carbons (Fsp3) is 0.583. The molecule has 0 amide bonds. The van der Waals surface area contributed by atoms with Gasteiger partial charge >= 0.3 is 11.9 Å². The van der Waals surface area contributed by atoms with Crippen LogP contribution in [0.4, 0.5) is 19.0 Å². The Morgan fingerprint density at radius 3 is 2.27 bits per heavy atom. The number of alkyl halides is 3.